The van der Waals surface area contributed by atoms with Crippen molar-refractivity contribution in [2.45, 2.75) is 26.3 Å². The molecule has 132 valence electrons. The van der Waals surface area contributed by atoms with Crippen molar-refractivity contribution in [3.8, 4) is 0 Å². The lowest BCUT2D eigenvalue weighted by atomic mass is 9.96. The van der Waals surface area contributed by atoms with Gasteiger partial charge in [-0.3, -0.25) is 9.69 Å². The minimum atomic E-state index is -0.0173. The molecule has 0 aromatic heterocycles. The normalized spacial score (nSPS) is 18.1. The van der Waals surface area contributed by atoms with E-state index in [2.05, 4.69) is 10.2 Å². The summed E-state index contributed by atoms with van der Waals surface area (Å²) >= 11 is 12.4. The molecule has 0 unspecified atom stereocenters. The summed E-state index contributed by atoms with van der Waals surface area (Å²) in [5.41, 5.74) is 2.86. The lowest BCUT2D eigenvalue weighted by Gasteiger charge is -2.32. The number of nitrogens with zero attached hydrogens (tertiary/aromatic N) is 1. The molecule has 3 nitrogen and oxygen atoms in total. The maximum atomic E-state index is 12.6. The van der Waals surface area contributed by atoms with Crippen molar-refractivity contribution in [2.24, 2.45) is 5.92 Å². The van der Waals surface area contributed by atoms with Crippen LogP contribution in [0.15, 0.2) is 42.5 Å². The maximum absolute atomic E-state index is 12.6. The first-order valence-electron chi connectivity index (χ1n) is 8.55. The van der Waals surface area contributed by atoms with Gasteiger partial charge in [-0.15, -0.1) is 0 Å². The van der Waals surface area contributed by atoms with Crippen LogP contribution in [0, 0.1) is 12.8 Å². The monoisotopic (exact) mass is 376 g/mol. The van der Waals surface area contributed by atoms with Crippen molar-refractivity contribution in [3.63, 3.8) is 0 Å². The number of piperidine rings is 1. The quantitative estimate of drug-likeness (QED) is 0.799. The number of hydrogen-bond acceptors (Lipinski definition) is 2. The van der Waals surface area contributed by atoms with Crippen molar-refractivity contribution in [2.75, 3.05) is 18.4 Å². The predicted octanol–water partition coefficient (Wildman–Crippen LogP) is 5.15. The molecule has 5 heteroatoms. The average Bonchev–Trinajstić information content (AvgIpc) is 2.60. The van der Waals surface area contributed by atoms with Crippen LogP contribution >= 0.6 is 23.2 Å². The van der Waals surface area contributed by atoms with Crippen LogP contribution in [0.5, 0.6) is 0 Å². The Balaban J connectivity index is 1.61. The number of rotatable bonds is 4. The minimum Gasteiger partial charge on any atom is -0.326 e. The van der Waals surface area contributed by atoms with Crippen molar-refractivity contribution in [1.82, 2.24) is 4.90 Å². The Kier molecular flexibility index (Phi) is 6.00. The summed E-state index contributed by atoms with van der Waals surface area (Å²) in [6, 6.07) is 13.5. The first kappa shape index (κ1) is 18.2. The van der Waals surface area contributed by atoms with Crippen LogP contribution in [0.2, 0.25) is 10.0 Å². The fraction of sp³-hybridized carbons (Fsp3) is 0.350. The van der Waals surface area contributed by atoms with E-state index in [4.69, 9.17) is 23.2 Å². The highest BCUT2D eigenvalue weighted by Crippen LogP contribution is 2.24. The number of halogens is 2. The summed E-state index contributed by atoms with van der Waals surface area (Å²) in [5.74, 6) is 0.0418. The molecule has 1 N–H and O–H groups in total. The summed E-state index contributed by atoms with van der Waals surface area (Å²) < 4.78 is 0. The van der Waals surface area contributed by atoms with Gasteiger partial charge in [-0.05, 0) is 55.6 Å². The molecule has 0 spiro atoms. The van der Waals surface area contributed by atoms with E-state index in [1.165, 1.54) is 0 Å². The third-order valence-electron chi connectivity index (χ3n) is 4.67. The molecule has 0 saturated carbocycles. The SMILES string of the molecule is Cc1ccc(NC(=O)[C@H]2CCCN(Cc3ccccc3Cl)C2)cc1Cl. The molecule has 1 atom stereocenters. The molecule has 25 heavy (non-hydrogen) atoms. The molecule has 1 saturated heterocycles. The molecule has 2 aromatic carbocycles. The van der Waals surface area contributed by atoms with Gasteiger partial charge in [0, 0.05) is 28.8 Å². The van der Waals surface area contributed by atoms with Crippen molar-refractivity contribution in [1.29, 1.82) is 0 Å². The Morgan fingerprint density at radius 2 is 2.00 bits per heavy atom. The first-order chi connectivity index (χ1) is 12.0. The van der Waals surface area contributed by atoms with Gasteiger partial charge in [0.05, 0.1) is 5.92 Å². The maximum Gasteiger partial charge on any atom is 0.228 e. The molecule has 1 amide bonds. The lowest BCUT2D eigenvalue weighted by molar-refractivity contribution is -0.121. The van der Waals surface area contributed by atoms with Gasteiger partial charge in [0.2, 0.25) is 5.91 Å². The first-order valence-corrected chi connectivity index (χ1v) is 9.31. The molecular formula is C20H22Cl2N2O. The van der Waals surface area contributed by atoms with Crippen LogP contribution in [0.4, 0.5) is 5.69 Å². The zero-order valence-corrected chi connectivity index (χ0v) is 15.8. The number of hydrogen-bond donors (Lipinski definition) is 1. The van der Waals surface area contributed by atoms with E-state index in [-0.39, 0.29) is 11.8 Å². The van der Waals surface area contributed by atoms with Crippen LogP contribution in [0.25, 0.3) is 0 Å². The number of aryl methyl sites for hydroxylation is 1. The second kappa shape index (κ2) is 8.22. The molecule has 1 aliphatic heterocycles. The van der Waals surface area contributed by atoms with Gasteiger partial charge in [0.25, 0.3) is 0 Å². The number of carbonyl (C=O) groups excluding carboxylic acids is 1. The fourth-order valence-electron chi connectivity index (χ4n) is 3.20. The van der Waals surface area contributed by atoms with Gasteiger partial charge in [0.15, 0.2) is 0 Å². The summed E-state index contributed by atoms with van der Waals surface area (Å²) in [4.78, 5) is 14.9. The number of anilines is 1. The van der Waals surface area contributed by atoms with E-state index in [0.29, 0.717) is 5.02 Å². The number of nitrogens with one attached hydrogen (secondary N) is 1. The second-order valence-electron chi connectivity index (χ2n) is 6.62. The van der Waals surface area contributed by atoms with E-state index >= 15 is 0 Å². The Bertz CT molecular complexity index is 763. The van der Waals surface area contributed by atoms with Gasteiger partial charge in [-0.25, -0.2) is 0 Å². The smallest absolute Gasteiger partial charge is 0.228 e. The molecule has 2 aromatic rings. The van der Waals surface area contributed by atoms with Crippen molar-refractivity contribution >= 4 is 34.8 Å². The minimum absolute atomic E-state index is 0.0173. The van der Waals surface area contributed by atoms with Crippen LogP contribution in [0.1, 0.15) is 24.0 Å². The van der Waals surface area contributed by atoms with Crippen molar-refractivity contribution < 1.29 is 4.79 Å². The van der Waals surface area contributed by atoms with E-state index in [0.717, 1.165) is 54.3 Å². The molecule has 0 radical (unpaired) electrons. The van der Waals surface area contributed by atoms with E-state index in [1.54, 1.807) is 6.07 Å². The van der Waals surface area contributed by atoms with E-state index < -0.39 is 0 Å². The third-order valence-corrected chi connectivity index (χ3v) is 5.44. The number of benzene rings is 2. The van der Waals surface area contributed by atoms with Gasteiger partial charge in [0.1, 0.15) is 0 Å². The summed E-state index contributed by atoms with van der Waals surface area (Å²) in [7, 11) is 0. The average molecular weight is 377 g/mol. The highest BCUT2D eigenvalue weighted by atomic mass is 35.5. The zero-order chi connectivity index (χ0) is 17.8. The molecule has 0 bridgehead atoms. The lowest BCUT2D eigenvalue weighted by Crippen LogP contribution is -2.40. The second-order valence-corrected chi connectivity index (χ2v) is 7.43. The summed E-state index contributed by atoms with van der Waals surface area (Å²) in [6.45, 7) is 4.46. The van der Waals surface area contributed by atoms with Crippen LogP contribution < -0.4 is 5.32 Å². The molecule has 3 rings (SSSR count). The summed E-state index contributed by atoms with van der Waals surface area (Å²) in [5, 5.41) is 4.45. The van der Waals surface area contributed by atoms with Crippen LogP contribution in [-0.4, -0.2) is 23.9 Å². The molecule has 1 aliphatic rings. The Morgan fingerprint density at radius 1 is 1.20 bits per heavy atom. The van der Waals surface area contributed by atoms with Crippen molar-refractivity contribution in [3.05, 3.63) is 63.6 Å². The predicted molar refractivity (Wildman–Crippen MR) is 104 cm³/mol. The largest absolute Gasteiger partial charge is 0.326 e. The third kappa shape index (κ3) is 4.75. The standard InChI is InChI=1S/C20H22Cl2N2O/c1-14-8-9-17(11-19(14)22)23-20(25)16-6-4-10-24(13-16)12-15-5-2-3-7-18(15)21/h2-3,5,7-9,11,16H,4,6,10,12-13H2,1H3,(H,23,25)/t16-/m0/s1. The molecule has 1 heterocycles. The van der Waals surface area contributed by atoms with E-state index in [1.807, 2.05) is 43.3 Å². The zero-order valence-electron chi connectivity index (χ0n) is 14.3. The van der Waals surface area contributed by atoms with Gasteiger partial charge in [-0.2, -0.15) is 0 Å². The Hall–Kier alpha value is -1.55. The number of carbonyl (C=O) groups is 1. The molecule has 1 fully saturated rings. The Labute approximate surface area is 158 Å². The number of amides is 1. The van der Waals surface area contributed by atoms with Gasteiger partial charge >= 0.3 is 0 Å². The molecule has 0 aliphatic carbocycles. The highest BCUT2D eigenvalue weighted by molar-refractivity contribution is 6.31. The van der Waals surface area contributed by atoms with Crippen LogP contribution in [-0.2, 0) is 11.3 Å². The fourth-order valence-corrected chi connectivity index (χ4v) is 3.57. The summed E-state index contributed by atoms with van der Waals surface area (Å²) in [6.07, 6.45) is 1.92. The van der Waals surface area contributed by atoms with Gasteiger partial charge < -0.3 is 5.32 Å². The van der Waals surface area contributed by atoms with Crippen LogP contribution in [0.3, 0.4) is 0 Å². The van der Waals surface area contributed by atoms with E-state index in [9.17, 15) is 4.79 Å². The topological polar surface area (TPSA) is 32.3 Å². The highest BCUT2D eigenvalue weighted by Gasteiger charge is 2.26. The van der Waals surface area contributed by atoms with Gasteiger partial charge in [-0.1, -0.05) is 47.5 Å². The Morgan fingerprint density at radius 3 is 2.76 bits per heavy atom. The number of likely N-dealkylation sites (tertiary alicyclic amines) is 1. The molecular weight excluding hydrogens is 355 g/mol.